The Morgan fingerprint density at radius 1 is 1.12 bits per heavy atom. The highest BCUT2D eigenvalue weighted by Gasteiger charge is 2.22. The SMILES string of the molecule is O=C(Nc1ccc(Cl)c(Cl)c1)N1CCCc2c([nH]c3ccccc23)C1. The monoisotopic (exact) mass is 373 g/mol. The lowest BCUT2D eigenvalue weighted by atomic mass is 10.1. The van der Waals surface area contributed by atoms with Gasteiger partial charge in [-0.2, -0.15) is 0 Å². The second kappa shape index (κ2) is 6.62. The number of aromatic amines is 1. The molecule has 2 heterocycles. The van der Waals surface area contributed by atoms with E-state index in [1.54, 1.807) is 18.2 Å². The maximum atomic E-state index is 12.7. The van der Waals surface area contributed by atoms with Gasteiger partial charge in [-0.25, -0.2) is 4.79 Å². The molecule has 0 saturated carbocycles. The summed E-state index contributed by atoms with van der Waals surface area (Å²) in [6.07, 6.45) is 1.90. The van der Waals surface area contributed by atoms with Crippen molar-refractivity contribution in [2.75, 3.05) is 11.9 Å². The van der Waals surface area contributed by atoms with Gasteiger partial charge < -0.3 is 15.2 Å². The average Bonchev–Trinajstić information content (AvgIpc) is 2.81. The average molecular weight is 374 g/mol. The second-order valence-corrected chi connectivity index (χ2v) is 7.03. The van der Waals surface area contributed by atoms with Gasteiger partial charge in [-0.3, -0.25) is 0 Å². The number of hydrogen-bond acceptors (Lipinski definition) is 1. The molecule has 25 heavy (non-hydrogen) atoms. The van der Waals surface area contributed by atoms with E-state index in [0.717, 1.165) is 24.1 Å². The molecule has 4 nitrogen and oxygen atoms in total. The van der Waals surface area contributed by atoms with Crippen LogP contribution >= 0.6 is 23.2 Å². The third kappa shape index (κ3) is 3.20. The highest BCUT2D eigenvalue weighted by Crippen LogP contribution is 2.28. The normalized spacial score (nSPS) is 14.2. The van der Waals surface area contributed by atoms with Crippen molar-refractivity contribution in [1.29, 1.82) is 0 Å². The fourth-order valence-corrected chi connectivity index (χ4v) is 3.64. The Labute approximate surface area is 155 Å². The maximum Gasteiger partial charge on any atom is 0.322 e. The number of fused-ring (bicyclic) bond motifs is 3. The van der Waals surface area contributed by atoms with Crippen LogP contribution in [0, 0.1) is 0 Å². The maximum absolute atomic E-state index is 12.7. The molecule has 0 aliphatic carbocycles. The third-order valence-corrected chi connectivity index (χ3v) is 5.30. The molecular formula is C19H17Cl2N3O. The molecule has 6 heteroatoms. The molecule has 3 aromatic rings. The van der Waals surface area contributed by atoms with Crippen LogP contribution in [0.5, 0.6) is 0 Å². The lowest BCUT2D eigenvalue weighted by Gasteiger charge is -2.21. The van der Waals surface area contributed by atoms with Crippen molar-refractivity contribution in [2.24, 2.45) is 0 Å². The summed E-state index contributed by atoms with van der Waals surface area (Å²) in [6, 6.07) is 13.2. The topological polar surface area (TPSA) is 48.1 Å². The van der Waals surface area contributed by atoms with Gasteiger partial charge in [0.2, 0.25) is 0 Å². The number of carbonyl (C=O) groups excluding carboxylic acids is 1. The minimum atomic E-state index is -0.134. The van der Waals surface area contributed by atoms with Crippen molar-refractivity contribution in [3.63, 3.8) is 0 Å². The molecule has 0 fully saturated rings. The number of hydrogen-bond donors (Lipinski definition) is 2. The first kappa shape index (κ1) is 16.3. The third-order valence-electron chi connectivity index (χ3n) is 4.56. The van der Waals surface area contributed by atoms with Crippen LogP contribution in [0.4, 0.5) is 10.5 Å². The van der Waals surface area contributed by atoms with E-state index >= 15 is 0 Å². The van der Waals surface area contributed by atoms with Gasteiger partial charge in [0.15, 0.2) is 0 Å². The van der Waals surface area contributed by atoms with Gasteiger partial charge in [0.1, 0.15) is 0 Å². The summed E-state index contributed by atoms with van der Waals surface area (Å²) in [4.78, 5) is 18.0. The highest BCUT2D eigenvalue weighted by molar-refractivity contribution is 6.42. The number of urea groups is 1. The first-order valence-electron chi connectivity index (χ1n) is 8.21. The molecule has 0 radical (unpaired) electrons. The Balaban J connectivity index is 1.56. The number of anilines is 1. The molecule has 0 bridgehead atoms. The van der Waals surface area contributed by atoms with Gasteiger partial charge in [0, 0.05) is 28.8 Å². The van der Waals surface area contributed by atoms with Gasteiger partial charge in [-0.15, -0.1) is 0 Å². The lowest BCUT2D eigenvalue weighted by Crippen LogP contribution is -2.34. The summed E-state index contributed by atoms with van der Waals surface area (Å²) in [6.45, 7) is 1.28. The summed E-state index contributed by atoms with van der Waals surface area (Å²) in [5, 5.41) is 5.05. The zero-order valence-corrected chi connectivity index (χ0v) is 15.0. The number of rotatable bonds is 1. The number of nitrogens with one attached hydrogen (secondary N) is 2. The van der Waals surface area contributed by atoms with E-state index in [-0.39, 0.29) is 6.03 Å². The van der Waals surface area contributed by atoms with E-state index in [2.05, 4.69) is 28.5 Å². The molecule has 2 amide bonds. The molecule has 0 atom stereocenters. The number of aryl methyl sites for hydroxylation is 1. The van der Waals surface area contributed by atoms with Crippen molar-refractivity contribution in [1.82, 2.24) is 9.88 Å². The van der Waals surface area contributed by atoms with Crippen LogP contribution in [0.3, 0.4) is 0 Å². The van der Waals surface area contributed by atoms with Crippen molar-refractivity contribution in [3.8, 4) is 0 Å². The molecule has 0 saturated heterocycles. The van der Waals surface area contributed by atoms with Crippen molar-refractivity contribution in [2.45, 2.75) is 19.4 Å². The highest BCUT2D eigenvalue weighted by atomic mass is 35.5. The zero-order valence-electron chi connectivity index (χ0n) is 13.5. The second-order valence-electron chi connectivity index (χ2n) is 6.21. The number of nitrogens with zero attached hydrogens (tertiary/aromatic N) is 1. The Morgan fingerprint density at radius 3 is 2.80 bits per heavy atom. The lowest BCUT2D eigenvalue weighted by molar-refractivity contribution is 0.209. The van der Waals surface area contributed by atoms with Crippen LogP contribution in [0.25, 0.3) is 10.9 Å². The minimum absolute atomic E-state index is 0.134. The number of amides is 2. The van der Waals surface area contributed by atoms with Crippen molar-refractivity contribution < 1.29 is 4.79 Å². The van der Waals surface area contributed by atoms with Crippen molar-refractivity contribution in [3.05, 3.63) is 63.8 Å². The van der Waals surface area contributed by atoms with Crippen LogP contribution in [0.15, 0.2) is 42.5 Å². The Hall–Kier alpha value is -2.17. The number of benzene rings is 2. The number of para-hydroxylation sites is 1. The summed E-state index contributed by atoms with van der Waals surface area (Å²) in [5.41, 5.74) is 4.20. The fraction of sp³-hybridized carbons (Fsp3) is 0.211. The molecule has 2 N–H and O–H groups in total. The summed E-state index contributed by atoms with van der Waals surface area (Å²) in [7, 11) is 0. The zero-order chi connectivity index (χ0) is 17.4. The Bertz CT molecular complexity index is 951. The van der Waals surface area contributed by atoms with Gasteiger partial charge >= 0.3 is 6.03 Å². The van der Waals surface area contributed by atoms with E-state index in [9.17, 15) is 4.79 Å². The van der Waals surface area contributed by atoms with Crippen LogP contribution < -0.4 is 5.32 Å². The van der Waals surface area contributed by atoms with E-state index in [4.69, 9.17) is 23.2 Å². The molecule has 0 unspecified atom stereocenters. The molecule has 1 aromatic heterocycles. The Kier molecular flexibility index (Phi) is 4.32. The van der Waals surface area contributed by atoms with E-state index in [0.29, 0.717) is 28.8 Å². The quantitative estimate of drug-likeness (QED) is 0.584. The molecule has 128 valence electrons. The number of H-pyrrole nitrogens is 1. The van der Waals surface area contributed by atoms with Crippen LogP contribution in [0.1, 0.15) is 17.7 Å². The minimum Gasteiger partial charge on any atom is -0.357 e. The molecule has 0 spiro atoms. The number of carbonyl (C=O) groups is 1. The smallest absolute Gasteiger partial charge is 0.322 e. The predicted octanol–water partition coefficient (Wildman–Crippen LogP) is 5.46. The molecule has 1 aliphatic heterocycles. The van der Waals surface area contributed by atoms with Gasteiger partial charge in [-0.1, -0.05) is 41.4 Å². The molecular weight excluding hydrogens is 357 g/mol. The standard InChI is InChI=1S/C19H17Cl2N3O/c20-15-8-7-12(10-16(15)21)22-19(25)24-9-3-5-14-13-4-1-2-6-17(13)23-18(14)11-24/h1-2,4,6-8,10,23H,3,5,9,11H2,(H,22,25). The van der Waals surface area contributed by atoms with Gasteiger partial charge in [0.25, 0.3) is 0 Å². The van der Waals surface area contributed by atoms with E-state index in [1.165, 1.54) is 10.9 Å². The van der Waals surface area contributed by atoms with Crippen LogP contribution in [0.2, 0.25) is 10.0 Å². The Morgan fingerprint density at radius 2 is 1.96 bits per heavy atom. The summed E-state index contributed by atoms with van der Waals surface area (Å²) in [5.74, 6) is 0. The molecule has 4 rings (SSSR count). The number of aromatic nitrogens is 1. The van der Waals surface area contributed by atoms with Gasteiger partial charge in [0.05, 0.1) is 16.6 Å². The predicted molar refractivity (Wildman–Crippen MR) is 103 cm³/mol. The number of halogens is 2. The van der Waals surface area contributed by atoms with Crippen molar-refractivity contribution >= 4 is 45.8 Å². The van der Waals surface area contributed by atoms with E-state index < -0.39 is 0 Å². The summed E-state index contributed by atoms with van der Waals surface area (Å²) < 4.78 is 0. The van der Waals surface area contributed by atoms with Crippen LogP contribution in [-0.2, 0) is 13.0 Å². The fourth-order valence-electron chi connectivity index (χ4n) is 3.34. The largest absolute Gasteiger partial charge is 0.357 e. The molecule has 2 aromatic carbocycles. The van der Waals surface area contributed by atoms with E-state index in [1.807, 2.05) is 11.0 Å². The first-order valence-corrected chi connectivity index (χ1v) is 8.97. The van der Waals surface area contributed by atoms with Crippen LogP contribution in [-0.4, -0.2) is 22.5 Å². The summed E-state index contributed by atoms with van der Waals surface area (Å²) >= 11 is 11.9. The molecule has 1 aliphatic rings. The first-order chi connectivity index (χ1) is 12.1. The van der Waals surface area contributed by atoms with Gasteiger partial charge in [-0.05, 0) is 42.7 Å².